The maximum atomic E-state index is 14.1. The number of aryl methyl sites for hydroxylation is 1. The molecule has 4 aromatic rings. The molecule has 2 aliphatic rings. The van der Waals surface area contributed by atoms with Crippen molar-refractivity contribution in [3.05, 3.63) is 70.6 Å². The number of hydrogen-bond donors (Lipinski definition) is 2. The van der Waals surface area contributed by atoms with Crippen molar-refractivity contribution in [2.45, 2.75) is 70.7 Å². The van der Waals surface area contributed by atoms with E-state index in [4.69, 9.17) is 19.0 Å². The lowest BCUT2D eigenvalue weighted by molar-refractivity contribution is -0.135. The molecule has 0 saturated carbocycles. The minimum atomic E-state index is -0.731. The summed E-state index contributed by atoms with van der Waals surface area (Å²) < 4.78 is 16.2. The van der Waals surface area contributed by atoms with Crippen LogP contribution in [0.1, 0.15) is 78.4 Å². The number of ether oxygens (including phenoxy) is 2. The number of carbonyl (C=O) groups excluding carboxylic acids is 2. The molecule has 3 atom stereocenters. The zero-order valence-corrected chi connectivity index (χ0v) is 27.3. The van der Waals surface area contributed by atoms with Crippen molar-refractivity contribution in [3.63, 3.8) is 0 Å². The first-order valence-electron chi connectivity index (χ1n) is 15.7. The van der Waals surface area contributed by atoms with Crippen LogP contribution in [-0.4, -0.2) is 85.8 Å². The summed E-state index contributed by atoms with van der Waals surface area (Å²) in [6, 6.07) is 9.35. The van der Waals surface area contributed by atoms with Crippen LogP contribution in [-0.2, 0) is 16.1 Å². The van der Waals surface area contributed by atoms with Gasteiger partial charge in [0.15, 0.2) is 5.76 Å². The highest BCUT2D eigenvalue weighted by atomic mass is 32.1. The number of aliphatic hydroxyl groups excluding tert-OH is 1. The summed E-state index contributed by atoms with van der Waals surface area (Å²) in [5.74, 6) is 0.0146. The number of hydrogen-bond acceptors (Lipinski definition) is 10. The lowest BCUT2D eigenvalue weighted by Gasteiger charge is -2.34. The number of aromatic nitrogens is 4. The second-order valence-electron chi connectivity index (χ2n) is 12.3. The van der Waals surface area contributed by atoms with Crippen molar-refractivity contribution in [2.24, 2.45) is 5.92 Å². The summed E-state index contributed by atoms with van der Waals surface area (Å²) in [6.07, 6.45) is 2.65. The van der Waals surface area contributed by atoms with Crippen LogP contribution in [0.25, 0.3) is 10.4 Å². The van der Waals surface area contributed by atoms with Crippen molar-refractivity contribution in [1.29, 1.82) is 0 Å². The predicted octanol–water partition coefficient (Wildman–Crippen LogP) is 4.73. The van der Waals surface area contributed by atoms with Crippen LogP contribution in [0.5, 0.6) is 5.88 Å². The third kappa shape index (κ3) is 6.58. The molecule has 0 bridgehead atoms. The first kappa shape index (κ1) is 31.9. The number of amides is 2. The number of thiazole rings is 1. The first-order valence-corrected chi connectivity index (χ1v) is 16.5. The van der Waals surface area contributed by atoms with Crippen LogP contribution in [0.3, 0.4) is 0 Å². The van der Waals surface area contributed by atoms with Gasteiger partial charge in [-0.05, 0) is 42.0 Å². The first-order chi connectivity index (χ1) is 22.2. The van der Waals surface area contributed by atoms with Crippen molar-refractivity contribution in [3.8, 4) is 16.3 Å². The molecule has 3 aromatic heterocycles. The fourth-order valence-corrected chi connectivity index (χ4v) is 7.22. The van der Waals surface area contributed by atoms with E-state index in [1.807, 2.05) is 31.2 Å². The van der Waals surface area contributed by atoms with E-state index < -0.39 is 18.1 Å². The third-order valence-corrected chi connectivity index (χ3v) is 9.83. The molecule has 0 spiro atoms. The van der Waals surface area contributed by atoms with Gasteiger partial charge in [-0.2, -0.15) is 0 Å². The molecule has 46 heavy (non-hydrogen) atoms. The molecule has 2 aliphatic heterocycles. The molecule has 244 valence electrons. The highest BCUT2D eigenvalue weighted by Crippen LogP contribution is 2.37. The number of methoxy groups -OCH3 is 1. The van der Waals surface area contributed by atoms with E-state index >= 15 is 0 Å². The quantitative estimate of drug-likeness (QED) is 0.249. The molecule has 0 radical (unpaired) electrons. The molecule has 13 heteroatoms. The SMILES string of the molecule is COc1cc(C(C(=O)N2C[C@H](O)C[C@H]2c2nc(C(=O)N(Cc3ccc(-c4scnc4C)cc3)C3CCOCC3)c[nH]2)C(C)C)on1. The van der Waals surface area contributed by atoms with E-state index in [1.165, 1.54) is 7.11 Å². The molecule has 2 saturated heterocycles. The highest BCUT2D eigenvalue weighted by Gasteiger charge is 2.42. The molecule has 6 rings (SSSR count). The molecule has 0 aliphatic carbocycles. The lowest BCUT2D eigenvalue weighted by Crippen LogP contribution is -2.43. The predicted molar refractivity (Wildman–Crippen MR) is 170 cm³/mol. The van der Waals surface area contributed by atoms with Gasteiger partial charge >= 0.3 is 0 Å². The molecule has 2 amide bonds. The Hall–Kier alpha value is -4.07. The van der Waals surface area contributed by atoms with Crippen molar-refractivity contribution in [1.82, 2.24) is 29.9 Å². The van der Waals surface area contributed by atoms with Crippen LogP contribution in [0.2, 0.25) is 0 Å². The smallest absolute Gasteiger partial charge is 0.274 e. The largest absolute Gasteiger partial charge is 0.479 e. The zero-order chi connectivity index (χ0) is 32.4. The number of β-amino-alcohol motifs (C(OH)–C–C–N with tert-alkyl or cyclic N) is 1. The summed E-state index contributed by atoms with van der Waals surface area (Å²) in [7, 11) is 1.49. The van der Waals surface area contributed by atoms with Gasteiger partial charge in [0, 0.05) is 51.0 Å². The topological polar surface area (TPSA) is 147 Å². The molecule has 2 N–H and O–H groups in total. The molecular formula is C33H40N6O6S. The van der Waals surface area contributed by atoms with Gasteiger partial charge in [-0.1, -0.05) is 38.1 Å². The summed E-state index contributed by atoms with van der Waals surface area (Å²) in [5, 5.41) is 14.5. The molecule has 1 aromatic carbocycles. The summed E-state index contributed by atoms with van der Waals surface area (Å²) in [4.78, 5) is 44.9. The maximum Gasteiger partial charge on any atom is 0.274 e. The number of aromatic amines is 1. The summed E-state index contributed by atoms with van der Waals surface area (Å²) in [5.41, 5.74) is 5.23. The lowest BCUT2D eigenvalue weighted by atomic mass is 9.91. The molecule has 1 unspecified atom stereocenters. The van der Waals surface area contributed by atoms with Gasteiger partial charge in [0.1, 0.15) is 17.4 Å². The van der Waals surface area contributed by atoms with Gasteiger partial charge in [-0.25, -0.2) is 9.97 Å². The van der Waals surface area contributed by atoms with E-state index in [-0.39, 0.29) is 36.0 Å². The Kier molecular flexibility index (Phi) is 9.52. The number of likely N-dealkylation sites (tertiary alicyclic amines) is 1. The minimum absolute atomic E-state index is 0.00175. The third-order valence-electron chi connectivity index (χ3n) is 8.86. The Bertz CT molecular complexity index is 1640. The number of benzene rings is 1. The standard InChI is InChI=1S/C33H40N6O6S/c1-19(2)29(27-14-28(43-4)37-45-27)33(42)39-17-24(40)13-26(39)31-34-15-25(36-31)32(41)38(23-9-11-44-12-10-23)16-21-5-7-22(8-6-21)30-20(3)35-18-46-30/h5-8,14-15,18-19,23-24,26,29,40H,9-13,16-17H2,1-4H3,(H,34,36)/t24-,26+,29?/m1/s1. The van der Waals surface area contributed by atoms with E-state index in [9.17, 15) is 14.7 Å². The van der Waals surface area contributed by atoms with Crippen molar-refractivity contribution >= 4 is 23.2 Å². The Balaban J connectivity index is 1.23. The molecular weight excluding hydrogens is 608 g/mol. The van der Waals surface area contributed by atoms with Crippen molar-refractivity contribution < 1.29 is 28.7 Å². The average Bonchev–Trinajstić information content (AvgIpc) is 3.87. The molecule has 5 heterocycles. The van der Waals surface area contributed by atoms with Gasteiger partial charge in [0.25, 0.3) is 11.8 Å². The van der Waals surface area contributed by atoms with Gasteiger partial charge in [-0.15, -0.1) is 11.3 Å². The Morgan fingerprint density at radius 1 is 1.22 bits per heavy atom. The number of imidazole rings is 1. The normalized spacial score (nSPS) is 19.5. The number of aliphatic hydroxyl groups is 1. The molecule has 12 nitrogen and oxygen atoms in total. The fraction of sp³-hybridized carbons (Fsp3) is 0.485. The summed E-state index contributed by atoms with van der Waals surface area (Å²) in [6.45, 7) is 7.62. The average molecular weight is 649 g/mol. The van der Waals surface area contributed by atoms with Crippen LogP contribution in [0, 0.1) is 12.8 Å². The minimum Gasteiger partial charge on any atom is -0.479 e. The fourth-order valence-electron chi connectivity index (χ4n) is 6.41. The highest BCUT2D eigenvalue weighted by molar-refractivity contribution is 7.13. The van der Waals surface area contributed by atoms with E-state index in [2.05, 4.69) is 39.4 Å². The summed E-state index contributed by atoms with van der Waals surface area (Å²) >= 11 is 1.61. The zero-order valence-electron chi connectivity index (χ0n) is 26.5. The van der Waals surface area contributed by atoms with Crippen LogP contribution in [0.4, 0.5) is 0 Å². The van der Waals surface area contributed by atoms with Crippen molar-refractivity contribution in [2.75, 3.05) is 26.9 Å². The Morgan fingerprint density at radius 3 is 2.63 bits per heavy atom. The van der Waals surface area contributed by atoms with E-state index in [1.54, 1.807) is 28.5 Å². The number of carbonyl (C=O) groups is 2. The number of rotatable bonds is 10. The Morgan fingerprint density at radius 2 is 1.98 bits per heavy atom. The van der Waals surface area contributed by atoms with E-state index in [0.717, 1.165) is 34.5 Å². The second-order valence-corrected chi connectivity index (χ2v) is 13.2. The van der Waals surface area contributed by atoms with E-state index in [0.29, 0.717) is 43.6 Å². The number of H-pyrrole nitrogens is 1. The van der Waals surface area contributed by atoms with Gasteiger partial charge in [0.2, 0.25) is 5.91 Å². The molecule has 2 fully saturated rings. The van der Waals surface area contributed by atoms with Gasteiger partial charge < -0.3 is 33.9 Å². The van der Waals surface area contributed by atoms with Crippen LogP contribution in [0.15, 0.2) is 46.6 Å². The monoisotopic (exact) mass is 648 g/mol. The Labute approximate surface area is 271 Å². The maximum absolute atomic E-state index is 14.1. The second kappa shape index (κ2) is 13.7. The van der Waals surface area contributed by atoms with Crippen LogP contribution >= 0.6 is 11.3 Å². The van der Waals surface area contributed by atoms with Gasteiger partial charge in [0.05, 0.1) is 35.3 Å². The van der Waals surface area contributed by atoms with Crippen LogP contribution < -0.4 is 4.74 Å². The number of nitrogens with zero attached hydrogens (tertiary/aromatic N) is 5. The van der Waals surface area contributed by atoms with Gasteiger partial charge in [-0.3, -0.25) is 9.59 Å². The number of nitrogens with one attached hydrogen (secondary N) is 1.